The number of nitrogens with one attached hydrogen (secondary N) is 1. The van der Waals surface area contributed by atoms with Crippen molar-refractivity contribution >= 4 is 34.2 Å². The second kappa shape index (κ2) is 10.1. The van der Waals surface area contributed by atoms with E-state index in [1.165, 1.54) is 12.1 Å². The minimum absolute atomic E-state index is 0.110. The number of anilines is 2. The summed E-state index contributed by atoms with van der Waals surface area (Å²) >= 11 is 0. The number of benzene rings is 4. The van der Waals surface area contributed by atoms with Gasteiger partial charge in [0.15, 0.2) is 0 Å². The number of hydrogen-bond donors (Lipinski definition) is 1. The molecule has 4 aromatic carbocycles. The molecule has 7 heteroatoms. The highest BCUT2D eigenvalue weighted by molar-refractivity contribution is 6.08. The van der Waals surface area contributed by atoms with E-state index < -0.39 is 0 Å². The smallest absolute Gasteiger partial charge is 0.258 e. The lowest BCUT2D eigenvalue weighted by molar-refractivity contribution is 0.0987. The summed E-state index contributed by atoms with van der Waals surface area (Å²) in [6.07, 6.45) is 0. The normalized spacial score (nSPS) is 10.9. The first-order valence-corrected chi connectivity index (χ1v) is 12.0. The summed E-state index contributed by atoms with van der Waals surface area (Å²) in [5, 5.41) is 2.89. The van der Waals surface area contributed by atoms with Gasteiger partial charge in [0.2, 0.25) is 0 Å². The summed E-state index contributed by atoms with van der Waals surface area (Å²) in [6.45, 7) is 4.33. The van der Waals surface area contributed by atoms with E-state index >= 15 is 0 Å². The summed E-state index contributed by atoms with van der Waals surface area (Å²) in [5.41, 5.74) is 4.64. The van der Waals surface area contributed by atoms with Crippen LogP contribution < -0.4 is 10.2 Å². The molecule has 1 heterocycles. The molecule has 2 amide bonds. The highest BCUT2D eigenvalue weighted by Crippen LogP contribution is 2.24. The van der Waals surface area contributed by atoms with Crippen molar-refractivity contribution in [2.24, 2.45) is 0 Å². The Labute approximate surface area is 214 Å². The van der Waals surface area contributed by atoms with E-state index in [1.54, 1.807) is 59.5 Å². The molecule has 184 valence electrons. The van der Waals surface area contributed by atoms with Crippen molar-refractivity contribution in [3.8, 4) is 5.69 Å². The molecule has 5 rings (SSSR count). The van der Waals surface area contributed by atoms with E-state index in [2.05, 4.69) is 10.3 Å². The number of carbonyl (C=O) groups is 2. The predicted octanol–water partition coefficient (Wildman–Crippen LogP) is 6.39. The molecular formula is C30H25FN4O2. The molecule has 5 aromatic rings. The fraction of sp³-hybridized carbons (Fsp3) is 0.100. The Morgan fingerprint density at radius 3 is 2.24 bits per heavy atom. The second-order valence-corrected chi connectivity index (χ2v) is 8.59. The predicted molar refractivity (Wildman–Crippen MR) is 144 cm³/mol. The zero-order valence-corrected chi connectivity index (χ0v) is 20.5. The van der Waals surface area contributed by atoms with Crippen LogP contribution in [0.15, 0.2) is 97.1 Å². The molecule has 0 radical (unpaired) electrons. The van der Waals surface area contributed by atoms with Crippen LogP contribution >= 0.6 is 0 Å². The van der Waals surface area contributed by atoms with Gasteiger partial charge in [-0.05, 0) is 92.7 Å². The molecule has 0 unspecified atom stereocenters. The van der Waals surface area contributed by atoms with E-state index in [1.807, 2.05) is 48.7 Å². The molecule has 0 spiro atoms. The fourth-order valence-corrected chi connectivity index (χ4v) is 4.36. The van der Waals surface area contributed by atoms with Crippen molar-refractivity contribution in [2.75, 3.05) is 16.8 Å². The van der Waals surface area contributed by atoms with E-state index in [4.69, 9.17) is 0 Å². The molecule has 0 saturated carbocycles. The quantitative estimate of drug-likeness (QED) is 0.299. The lowest BCUT2D eigenvalue weighted by Gasteiger charge is -2.21. The average Bonchev–Trinajstić information content (AvgIpc) is 3.25. The maximum Gasteiger partial charge on any atom is 0.258 e. The first kappa shape index (κ1) is 23.9. The van der Waals surface area contributed by atoms with Crippen molar-refractivity contribution < 1.29 is 14.0 Å². The number of carbonyl (C=O) groups excluding carboxylic acids is 2. The lowest BCUT2D eigenvalue weighted by Crippen LogP contribution is -2.30. The summed E-state index contributed by atoms with van der Waals surface area (Å²) in [6, 6.07) is 27.8. The number of rotatable bonds is 6. The van der Waals surface area contributed by atoms with E-state index in [9.17, 15) is 14.0 Å². The minimum Gasteiger partial charge on any atom is -0.322 e. The van der Waals surface area contributed by atoms with Gasteiger partial charge in [0.25, 0.3) is 11.8 Å². The van der Waals surface area contributed by atoms with Gasteiger partial charge in [-0.3, -0.25) is 14.2 Å². The standard InChI is InChI=1S/C30H25FN4O2/c1-3-34(25-7-5-4-6-8-25)30(37)21-9-14-24(15-10-21)33-29(36)22-11-18-27-28(19-22)35(20(2)32-27)26-16-12-23(31)13-17-26/h4-19H,3H2,1-2H3,(H,33,36). The molecule has 0 saturated heterocycles. The Balaban J connectivity index is 1.36. The number of aromatic nitrogens is 2. The summed E-state index contributed by atoms with van der Waals surface area (Å²) in [5.74, 6) is 0.0172. The highest BCUT2D eigenvalue weighted by atomic mass is 19.1. The Kier molecular flexibility index (Phi) is 6.51. The average molecular weight is 493 g/mol. The molecule has 0 atom stereocenters. The lowest BCUT2D eigenvalue weighted by atomic mass is 10.1. The number of para-hydroxylation sites is 1. The van der Waals surface area contributed by atoms with Crippen LogP contribution in [0.1, 0.15) is 33.5 Å². The van der Waals surface area contributed by atoms with Crippen molar-refractivity contribution in [2.45, 2.75) is 13.8 Å². The molecule has 1 aromatic heterocycles. The molecule has 0 bridgehead atoms. The third-order valence-electron chi connectivity index (χ3n) is 6.19. The Morgan fingerprint density at radius 1 is 0.892 bits per heavy atom. The van der Waals surface area contributed by atoms with Gasteiger partial charge in [0, 0.05) is 34.7 Å². The van der Waals surface area contributed by atoms with Crippen LogP contribution in [0.4, 0.5) is 15.8 Å². The molecule has 0 aliphatic rings. The molecular weight excluding hydrogens is 467 g/mol. The first-order valence-electron chi connectivity index (χ1n) is 12.0. The van der Waals surface area contributed by atoms with Crippen LogP contribution in [-0.2, 0) is 0 Å². The largest absolute Gasteiger partial charge is 0.322 e. The van der Waals surface area contributed by atoms with Crippen LogP contribution in [0.2, 0.25) is 0 Å². The summed E-state index contributed by atoms with van der Waals surface area (Å²) < 4.78 is 15.3. The third-order valence-corrected chi connectivity index (χ3v) is 6.19. The highest BCUT2D eigenvalue weighted by Gasteiger charge is 2.17. The zero-order chi connectivity index (χ0) is 25.9. The van der Waals surface area contributed by atoms with Crippen LogP contribution in [0.25, 0.3) is 16.7 Å². The Morgan fingerprint density at radius 2 is 1.57 bits per heavy atom. The van der Waals surface area contributed by atoms with Crippen molar-refractivity contribution in [3.63, 3.8) is 0 Å². The molecule has 0 aliphatic carbocycles. The topological polar surface area (TPSA) is 67.2 Å². The third kappa shape index (κ3) is 4.84. The molecule has 0 fully saturated rings. The van der Waals surface area contributed by atoms with Crippen LogP contribution in [0, 0.1) is 12.7 Å². The van der Waals surface area contributed by atoms with Gasteiger partial charge in [0.05, 0.1) is 11.0 Å². The summed E-state index contributed by atoms with van der Waals surface area (Å²) in [4.78, 5) is 32.4. The van der Waals surface area contributed by atoms with Crippen LogP contribution in [0.5, 0.6) is 0 Å². The number of imidazole rings is 1. The maximum absolute atomic E-state index is 13.4. The van der Waals surface area contributed by atoms with E-state index in [0.29, 0.717) is 23.4 Å². The van der Waals surface area contributed by atoms with Gasteiger partial charge >= 0.3 is 0 Å². The minimum atomic E-state index is -0.318. The number of aryl methyl sites for hydroxylation is 1. The molecule has 0 aliphatic heterocycles. The van der Waals surface area contributed by atoms with Gasteiger partial charge < -0.3 is 10.2 Å². The summed E-state index contributed by atoms with van der Waals surface area (Å²) in [7, 11) is 0. The van der Waals surface area contributed by atoms with Crippen LogP contribution in [-0.4, -0.2) is 27.9 Å². The first-order chi connectivity index (χ1) is 17.9. The molecule has 6 nitrogen and oxygen atoms in total. The van der Waals surface area contributed by atoms with E-state index in [-0.39, 0.29) is 17.6 Å². The molecule has 1 N–H and O–H groups in total. The van der Waals surface area contributed by atoms with Crippen molar-refractivity contribution in [1.82, 2.24) is 9.55 Å². The number of halogens is 1. The van der Waals surface area contributed by atoms with Gasteiger partial charge in [-0.1, -0.05) is 18.2 Å². The van der Waals surface area contributed by atoms with Gasteiger partial charge in [-0.2, -0.15) is 0 Å². The fourth-order valence-electron chi connectivity index (χ4n) is 4.36. The number of nitrogens with zero attached hydrogens (tertiary/aromatic N) is 3. The number of fused-ring (bicyclic) bond motifs is 1. The van der Waals surface area contributed by atoms with Crippen LogP contribution in [0.3, 0.4) is 0 Å². The van der Waals surface area contributed by atoms with Crippen molar-refractivity contribution in [3.05, 3.63) is 120 Å². The molecule has 37 heavy (non-hydrogen) atoms. The monoisotopic (exact) mass is 492 g/mol. The van der Waals surface area contributed by atoms with E-state index in [0.717, 1.165) is 28.2 Å². The Hall–Kier alpha value is -4.78. The van der Waals surface area contributed by atoms with Gasteiger partial charge in [0.1, 0.15) is 11.6 Å². The van der Waals surface area contributed by atoms with Crippen molar-refractivity contribution in [1.29, 1.82) is 0 Å². The zero-order valence-electron chi connectivity index (χ0n) is 20.5. The Bertz CT molecular complexity index is 1580. The second-order valence-electron chi connectivity index (χ2n) is 8.59. The van der Waals surface area contributed by atoms with Gasteiger partial charge in [-0.15, -0.1) is 0 Å². The van der Waals surface area contributed by atoms with Gasteiger partial charge in [-0.25, -0.2) is 9.37 Å². The SMILES string of the molecule is CCN(C(=O)c1ccc(NC(=O)c2ccc3nc(C)n(-c4ccc(F)cc4)c3c2)cc1)c1ccccc1. The maximum atomic E-state index is 13.4. The number of hydrogen-bond acceptors (Lipinski definition) is 3. The number of amides is 2.